The fourth-order valence-corrected chi connectivity index (χ4v) is 3.62. The number of aromatic nitrogens is 2. The van der Waals surface area contributed by atoms with Gasteiger partial charge < -0.3 is 10.1 Å². The van der Waals surface area contributed by atoms with E-state index in [9.17, 15) is 9.59 Å². The summed E-state index contributed by atoms with van der Waals surface area (Å²) in [4.78, 5) is 26.0. The van der Waals surface area contributed by atoms with Gasteiger partial charge in [-0.3, -0.25) is 9.59 Å². The van der Waals surface area contributed by atoms with Gasteiger partial charge in [-0.15, -0.1) is 0 Å². The zero-order valence-electron chi connectivity index (χ0n) is 19.0. The maximum atomic E-state index is 13.2. The molecule has 170 valence electrons. The van der Waals surface area contributed by atoms with Crippen LogP contribution in [0.5, 0.6) is 5.75 Å². The maximum Gasteiger partial charge on any atom is 0.276 e. The SMILES string of the molecule is CC(C)Cn1nc(C(=O)Nc2cccc(OCc3cccc(C#N)c3)c2)c2ccccc2c1=O. The molecule has 1 amide bonds. The van der Waals surface area contributed by atoms with Gasteiger partial charge in [0.25, 0.3) is 11.5 Å². The molecule has 0 radical (unpaired) electrons. The lowest BCUT2D eigenvalue weighted by molar-refractivity contribution is 0.102. The highest BCUT2D eigenvalue weighted by atomic mass is 16.5. The van der Waals surface area contributed by atoms with Gasteiger partial charge in [0.2, 0.25) is 0 Å². The van der Waals surface area contributed by atoms with E-state index < -0.39 is 5.91 Å². The minimum atomic E-state index is -0.410. The van der Waals surface area contributed by atoms with Crippen molar-refractivity contribution in [3.63, 3.8) is 0 Å². The molecule has 0 aliphatic rings. The molecule has 0 aliphatic carbocycles. The lowest BCUT2D eigenvalue weighted by Crippen LogP contribution is -2.29. The van der Waals surface area contributed by atoms with E-state index >= 15 is 0 Å². The molecule has 7 nitrogen and oxygen atoms in total. The van der Waals surface area contributed by atoms with Crippen molar-refractivity contribution in [2.75, 3.05) is 5.32 Å². The topological polar surface area (TPSA) is 97.0 Å². The molecule has 0 bridgehead atoms. The number of ether oxygens (including phenoxy) is 1. The fourth-order valence-electron chi connectivity index (χ4n) is 3.62. The number of nitrogens with zero attached hydrogens (tertiary/aromatic N) is 3. The predicted molar refractivity (Wildman–Crippen MR) is 131 cm³/mol. The Balaban J connectivity index is 1.57. The highest BCUT2D eigenvalue weighted by Crippen LogP contribution is 2.21. The number of anilines is 1. The van der Waals surface area contributed by atoms with E-state index in [0.717, 1.165) is 5.56 Å². The van der Waals surface area contributed by atoms with Crippen molar-refractivity contribution in [1.29, 1.82) is 5.26 Å². The second-order valence-electron chi connectivity index (χ2n) is 8.36. The number of fused-ring (bicyclic) bond motifs is 1. The van der Waals surface area contributed by atoms with E-state index in [1.807, 2.05) is 26.0 Å². The molecule has 0 spiro atoms. The van der Waals surface area contributed by atoms with Gasteiger partial charge in [0, 0.05) is 23.7 Å². The Morgan fingerprint density at radius 2 is 1.82 bits per heavy atom. The van der Waals surface area contributed by atoms with Crippen LogP contribution in [0.3, 0.4) is 0 Å². The van der Waals surface area contributed by atoms with Crippen LogP contribution in [0.1, 0.15) is 35.5 Å². The van der Waals surface area contributed by atoms with Crippen molar-refractivity contribution >= 4 is 22.4 Å². The van der Waals surface area contributed by atoms with E-state index in [2.05, 4.69) is 16.5 Å². The van der Waals surface area contributed by atoms with Crippen LogP contribution >= 0.6 is 0 Å². The zero-order chi connectivity index (χ0) is 24.1. The van der Waals surface area contributed by atoms with Crippen LogP contribution in [0, 0.1) is 17.2 Å². The van der Waals surface area contributed by atoms with Gasteiger partial charge in [-0.1, -0.05) is 50.2 Å². The Kier molecular flexibility index (Phi) is 6.69. The molecule has 0 unspecified atom stereocenters. The summed E-state index contributed by atoms with van der Waals surface area (Å²) in [5.41, 5.74) is 1.96. The smallest absolute Gasteiger partial charge is 0.276 e. The molecule has 34 heavy (non-hydrogen) atoms. The third-order valence-electron chi connectivity index (χ3n) is 5.17. The molecule has 0 atom stereocenters. The van der Waals surface area contributed by atoms with E-state index in [-0.39, 0.29) is 17.2 Å². The normalized spacial score (nSPS) is 10.8. The summed E-state index contributed by atoms with van der Waals surface area (Å²) in [6, 6.07) is 23.4. The van der Waals surface area contributed by atoms with Gasteiger partial charge in [0.1, 0.15) is 12.4 Å². The Morgan fingerprint density at radius 3 is 2.59 bits per heavy atom. The van der Waals surface area contributed by atoms with Crippen molar-refractivity contribution < 1.29 is 9.53 Å². The van der Waals surface area contributed by atoms with Gasteiger partial charge in [0.05, 0.1) is 17.0 Å². The lowest BCUT2D eigenvalue weighted by atomic mass is 10.1. The zero-order valence-corrected chi connectivity index (χ0v) is 19.0. The first kappa shape index (κ1) is 22.7. The Labute approximate surface area is 197 Å². The van der Waals surface area contributed by atoms with Gasteiger partial charge in [-0.25, -0.2) is 4.68 Å². The largest absolute Gasteiger partial charge is 0.489 e. The standard InChI is InChI=1S/C27H24N4O3/c1-18(2)16-31-27(33)24-12-4-3-11-23(24)25(30-31)26(32)29-21-9-6-10-22(14-21)34-17-20-8-5-7-19(13-20)15-28/h3-14,18H,16-17H2,1-2H3,(H,29,32). The predicted octanol–water partition coefficient (Wildman–Crippen LogP) is 4.76. The second kappa shape index (κ2) is 10.0. The average molecular weight is 453 g/mol. The molecular formula is C27H24N4O3. The van der Waals surface area contributed by atoms with Gasteiger partial charge in [0.15, 0.2) is 5.69 Å². The van der Waals surface area contributed by atoms with Crippen molar-refractivity contribution in [3.8, 4) is 11.8 Å². The lowest BCUT2D eigenvalue weighted by Gasteiger charge is -2.13. The number of nitriles is 1. The van der Waals surface area contributed by atoms with Crippen LogP contribution in [0.15, 0.2) is 77.6 Å². The van der Waals surface area contributed by atoms with Crippen molar-refractivity contribution in [2.45, 2.75) is 27.0 Å². The molecule has 7 heteroatoms. The molecule has 1 aromatic heterocycles. The number of hydrogen-bond acceptors (Lipinski definition) is 5. The number of nitrogens with one attached hydrogen (secondary N) is 1. The van der Waals surface area contributed by atoms with E-state index in [0.29, 0.717) is 40.9 Å². The number of carbonyl (C=O) groups excluding carboxylic acids is 1. The van der Waals surface area contributed by atoms with Crippen LogP contribution in [-0.4, -0.2) is 15.7 Å². The number of rotatable bonds is 7. The summed E-state index contributed by atoms with van der Waals surface area (Å²) in [5, 5.41) is 17.3. The van der Waals surface area contributed by atoms with Crippen LogP contribution in [0.25, 0.3) is 10.8 Å². The molecular weight excluding hydrogens is 428 g/mol. The van der Waals surface area contributed by atoms with Crippen molar-refractivity contribution in [2.24, 2.45) is 5.92 Å². The molecule has 0 aliphatic heterocycles. The quantitative estimate of drug-likeness (QED) is 0.436. The monoisotopic (exact) mass is 452 g/mol. The third-order valence-corrected chi connectivity index (χ3v) is 5.17. The summed E-state index contributed by atoms with van der Waals surface area (Å²) >= 11 is 0. The van der Waals surface area contributed by atoms with Crippen LogP contribution in [-0.2, 0) is 13.2 Å². The third kappa shape index (κ3) is 5.13. The van der Waals surface area contributed by atoms with Crippen LogP contribution in [0.4, 0.5) is 5.69 Å². The second-order valence-corrected chi connectivity index (χ2v) is 8.36. The van der Waals surface area contributed by atoms with E-state index in [1.54, 1.807) is 60.7 Å². The van der Waals surface area contributed by atoms with Crippen molar-refractivity contribution in [3.05, 3.63) is 100.0 Å². The maximum absolute atomic E-state index is 13.2. The molecule has 4 aromatic rings. The highest BCUT2D eigenvalue weighted by molar-refractivity contribution is 6.11. The van der Waals surface area contributed by atoms with E-state index in [4.69, 9.17) is 10.00 Å². The molecule has 0 fully saturated rings. The van der Waals surface area contributed by atoms with Gasteiger partial charge in [-0.05, 0) is 41.8 Å². The first-order valence-electron chi connectivity index (χ1n) is 11.0. The fraction of sp³-hybridized carbons (Fsp3) is 0.185. The molecule has 3 aromatic carbocycles. The molecule has 1 heterocycles. The molecule has 4 rings (SSSR count). The van der Waals surface area contributed by atoms with Gasteiger partial charge in [-0.2, -0.15) is 10.4 Å². The summed E-state index contributed by atoms with van der Waals surface area (Å²) in [7, 11) is 0. The summed E-state index contributed by atoms with van der Waals surface area (Å²) in [5.74, 6) is 0.361. The van der Waals surface area contributed by atoms with Gasteiger partial charge >= 0.3 is 0 Å². The number of hydrogen-bond donors (Lipinski definition) is 1. The summed E-state index contributed by atoms with van der Waals surface area (Å²) in [6.45, 7) is 4.69. The number of carbonyl (C=O) groups is 1. The molecule has 0 saturated heterocycles. The first-order valence-corrected chi connectivity index (χ1v) is 11.0. The Hall–Kier alpha value is -4.44. The first-order chi connectivity index (χ1) is 16.4. The molecule has 1 N–H and O–H groups in total. The summed E-state index contributed by atoms with van der Waals surface area (Å²) < 4.78 is 7.20. The minimum absolute atomic E-state index is 0.190. The summed E-state index contributed by atoms with van der Waals surface area (Å²) in [6.07, 6.45) is 0. The Morgan fingerprint density at radius 1 is 1.06 bits per heavy atom. The van der Waals surface area contributed by atoms with Crippen molar-refractivity contribution in [1.82, 2.24) is 9.78 Å². The Bertz CT molecular complexity index is 1450. The molecule has 0 saturated carbocycles. The average Bonchev–Trinajstić information content (AvgIpc) is 2.84. The van der Waals surface area contributed by atoms with E-state index in [1.165, 1.54) is 4.68 Å². The van der Waals surface area contributed by atoms with Crippen LogP contribution < -0.4 is 15.6 Å². The highest BCUT2D eigenvalue weighted by Gasteiger charge is 2.17. The van der Waals surface area contributed by atoms with Crippen LogP contribution in [0.2, 0.25) is 0 Å². The number of benzene rings is 3. The number of amides is 1. The minimum Gasteiger partial charge on any atom is -0.489 e.